The summed E-state index contributed by atoms with van der Waals surface area (Å²) in [5, 5.41) is 0.657. The first-order chi connectivity index (χ1) is 15.2. The van der Waals surface area contributed by atoms with Gasteiger partial charge in [0.25, 0.3) is 0 Å². The van der Waals surface area contributed by atoms with Crippen LogP contribution in [0, 0.1) is 0 Å². The predicted molar refractivity (Wildman–Crippen MR) is 119 cm³/mol. The molecule has 0 N–H and O–H groups in total. The zero-order valence-corrected chi connectivity index (χ0v) is 18.1. The quantitative estimate of drug-likeness (QED) is 0.659. The molecule has 0 atom stereocenters. The van der Waals surface area contributed by atoms with Gasteiger partial charge in [0.15, 0.2) is 5.76 Å². The largest absolute Gasteiger partial charge is 0.478 e. The Labute approximate surface area is 186 Å². The Morgan fingerprint density at radius 2 is 1.77 bits per heavy atom. The van der Waals surface area contributed by atoms with Crippen LogP contribution < -0.4 is 9.47 Å². The maximum Gasteiger partial charge on any atom is 0.231 e. The van der Waals surface area contributed by atoms with Crippen LogP contribution in [0.15, 0.2) is 42.2 Å². The number of hydrogen-bond acceptors (Lipinski definition) is 6. The van der Waals surface area contributed by atoms with Crippen LogP contribution in [0.4, 0.5) is 0 Å². The van der Waals surface area contributed by atoms with Gasteiger partial charge in [0.1, 0.15) is 18.2 Å². The van der Waals surface area contributed by atoms with Crippen molar-refractivity contribution in [2.24, 2.45) is 0 Å². The summed E-state index contributed by atoms with van der Waals surface area (Å²) in [5.74, 6) is 1.65. The molecule has 2 aromatic rings. The lowest BCUT2D eigenvalue weighted by Crippen LogP contribution is -2.39. The fraction of sp³-hybridized carbons (Fsp3) is 0.375. The first kappa shape index (κ1) is 20.5. The van der Waals surface area contributed by atoms with E-state index in [0.717, 1.165) is 62.7 Å². The van der Waals surface area contributed by atoms with Crippen molar-refractivity contribution >= 4 is 23.5 Å². The molecule has 7 heteroatoms. The number of carbonyl (C=O) groups is 1. The van der Waals surface area contributed by atoms with Crippen LogP contribution >= 0.6 is 11.6 Å². The van der Waals surface area contributed by atoms with Gasteiger partial charge in [0.2, 0.25) is 5.78 Å². The fourth-order valence-corrected chi connectivity index (χ4v) is 4.33. The molecule has 0 spiro atoms. The van der Waals surface area contributed by atoms with Crippen LogP contribution in [0.1, 0.15) is 27.9 Å². The minimum absolute atomic E-state index is 0.0998. The third-order valence-corrected chi connectivity index (χ3v) is 6.15. The number of carbonyl (C=O) groups excluding carboxylic acids is 1. The molecule has 162 valence electrons. The lowest BCUT2D eigenvalue weighted by molar-refractivity contribution is 0.0329. The molecule has 1 saturated heterocycles. The Morgan fingerprint density at radius 1 is 1.00 bits per heavy atom. The number of ketones is 1. The lowest BCUT2D eigenvalue weighted by Gasteiger charge is -2.31. The van der Waals surface area contributed by atoms with E-state index in [1.165, 1.54) is 0 Å². The molecule has 0 aliphatic carbocycles. The Bertz CT molecular complexity index is 999. The second-order valence-electron chi connectivity index (χ2n) is 8.04. The minimum Gasteiger partial charge on any atom is -0.478 e. The summed E-state index contributed by atoms with van der Waals surface area (Å²) in [7, 11) is 0. The van der Waals surface area contributed by atoms with Crippen molar-refractivity contribution in [1.82, 2.24) is 9.80 Å². The molecule has 5 rings (SSSR count). The molecule has 0 unspecified atom stereocenters. The Kier molecular flexibility index (Phi) is 5.96. The molecule has 2 aromatic carbocycles. The van der Waals surface area contributed by atoms with Crippen LogP contribution in [-0.2, 0) is 11.3 Å². The molecule has 1 fully saturated rings. The molecular weight excluding hydrogens is 416 g/mol. The monoisotopic (exact) mass is 440 g/mol. The summed E-state index contributed by atoms with van der Waals surface area (Å²) in [5.41, 5.74) is 2.41. The zero-order chi connectivity index (χ0) is 21.2. The molecule has 0 radical (unpaired) electrons. The third kappa shape index (κ3) is 4.48. The van der Waals surface area contributed by atoms with E-state index in [4.69, 9.17) is 25.8 Å². The molecule has 0 aromatic heterocycles. The van der Waals surface area contributed by atoms with Gasteiger partial charge in [-0.1, -0.05) is 23.7 Å². The first-order valence-corrected chi connectivity index (χ1v) is 11.1. The van der Waals surface area contributed by atoms with Crippen LogP contribution in [-0.4, -0.2) is 61.7 Å². The summed E-state index contributed by atoms with van der Waals surface area (Å²) >= 11 is 5.96. The molecular formula is C24H25ClN2O4. The van der Waals surface area contributed by atoms with Crippen molar-refractivity contribution in [3.05, 3.63) is 63.9 Å². The standard InChI is InChI=1S/C24H25ClN2O4/c25-18-4-2-17(3-5-18)14-22-23(28)19-6-7-21-20(24(19)31-22)15-27(16-30-21)9-1-8-26-10-12-29-13-11-26/h2-7,14H,1,8-13,15-16H2/b22-14-. The van der Waals surface area contributed by atoms with E-state index in [1.807, 2.05) is 18.2 Å². The highest BCUT2D eigenvalue weighted by Crippen LogP contribution is 2.42. The van der Waals surface area contributed by atoms with E-state index in [0.29, 0.717) is 35.4 Å². The van der Waals surface area contributed by atoms with Crippen LogP contribution in [0.2, 0.25) is 5.02 Å². The average Bonchev–Trinajstić information content (AvgIpc) is 3.12. The Morgan fingerprint density at radius 3 is 2.58 bits per heavy atom. The second-order valence-corrected chi connectivity index (χ2v) is 8.48. The van der Waals surface area contributed by atoms with Gasteiger partial charge in [-0.15, -0.1) is 0 Å². The van der Waals surface area contributed by atoms with E-state index in [9.17, 15) is 4.79 Å². The van der Waals surface area contributed by atoms with Gasteiger partial charge < -0.3 is 14.2 Å². The van der Waals surface area contributed by atoms with Crippen molar-refractivity contribution in [2.75, 3.05) is 46.1 Å². The SMILES string of the molecule is O=C1/C(=C/c2ccc(Cl)cc2)Oc2c1ccc1c2CN(CCCN2CCOCC2)CO1. The maximum absolute atomic E-state index is 12.9. The number of halogens is 1. The van der Waals surface area contributed by atoms with E-state index < -0.39 is 0 Å². The van der Waals surface area contributed by atoms with Gasteiger partial charge in [-0.2, -0.15) is 0 Å². The fourth-order valence-electron chi connectivity index (χ4n) is 4.20. The maximum atomic E-state index is 12.9. The molecule has 3 aliphatic rings. The number of hydrogen-bond donors (Lipinski definition) is 0. The molecule has 31 heavy (non-hydrogen) atoms. The predicted octanol–water partition coefficient (Wildman–Crippen LogP) is 3.83. The van der Waals surface area contributed by atoms with Crippen molar-refractivity contribution < 1.29 is 19.0 Å². The van der Waals surface area contributed by atoms with Gasteiger partial charge in [0.05, 0.1) is 24.3 Å². The van der Waals surface area contributed by atoms with Crippen molar-refractivity contribution in [1.29, 1.82) is 0 Å². The Hall–Kier alpha value is -2.38. The van der Waals surface area contributed by atoms with Gasteiger partial charge in [0, 0.05) is 31.2 Å². The molecule has 0 saturated carbocycles. The molecule has 3 heterocycles. The normalized spacial score (nSPS) is 20.3. The van der Waals surface area contributed by atoms with Crippen molar-refractivity contribution in [3.63, 3.8) is 0 Å². The smallest absolute Gasteiger partial charge is 0.231 e. The summed E-state index contributed by atoms with van der Waals surface area (Å²) in [4.78, 5) is 17.6. The van der Waals surface area contributed by atoms with Crippen molar-refractivity contribution in [3.8, 4) is 11.5 Å². The second kappa shape index (κ2) is 9.01. The van der Waals surface area contributed by atoms with Crippen LogP contribution in [0.5, 0.6) is 11.5 Å². The van der Waals surface area contributed by atoms with E-state index in [1.54, 1.807) is 24.3 Å². The van der Waals surface area contributed by atoms with E-state index in [-0.39, 0.29) is 5.78 Å². The lowest BCUT2D eigenvalue weighted by atomic mass is 10.0. The number of fused-ring (bicyclic) bond motifs is 3. The summed E-state index contributed by atoms with van der Waals surface area (Å²) < 4.78 is 17.4. The van der Waals surface area contributed by atoms with Crippen LogP contribution in [0.25, 0.3) is 6.08 Å². The van der Waals surface area contributed by atoms with Crippen LogP contribution in [0.3, 0.4) is 0 Å². The van der Waals surface area contributed by atoms with Gasteiger partial charge >= 0.3 is 0 Å². The number of Topliss-reactive ketones (excluding diaryl/α,β-unsaturated/α-hetero) is 1. The highest BCUT2D eigenvalue weighted by atomic mass is 35.5. The number of allylic oxidation sites excluding steroid dienone is 1. The number of benzene rings is 2. The highest BCUT2D eigenvalue weighted by Gasteiger charge is 2.33. The number of rotatable bonds is 5. The summed E-state index contributed by atoms with van der Waals surface area (Å²) in [6, 6.07) is 11.0. The molecule has 6 nitrogen and oxygen atoms in total. The number of ether oxygens (including phenoxy) is 3. The summed E-state index contributed by atoms with van der Waals surface area (Å²) in [6.45, 7) is 6.91. The molecule has 3 aliphatic heterocycles. The van der Waals surface area contributed by atoms with E-state index >= 15 is 0 Å². The van der Waals surface area contributed by atoms with E-state index in [2.05, 4.69) is 9.80 Å². The number of nitrogens with zero attached hydrogens (tertiary/aromatic N) is 2. The Balaban J connectivity index is 1.28. The van der Waals surface area contributed by atoms with Crippen molar-refractivity contribution in [2.45, 2.75) is 13.0 Å². The van der Waals surface area contributed by atoms with Gasteiger partial charge in [-0.25, -0.2) is 0 Å². The minimum atomic E-state index is -0.0998. The zero-order valence-electron chi connectivity index (χ0n) is 17.3. The molecule has 0 amide bonds. The highest BCUT2D eigenvalue weighted by molar-refractivity contribution is 6.30. The first-order valence-electron chi connectivity index (χ1n) is 10.7. The van der Waals surface area contributed by atoms with Gasteiger partial charge in [-0.05, 0) is 48.9 Å². The number of morpholine rings is 1. The average molecular weight is 441 g/mol. The third-order valence-electron chi connectivity index (χ3n) is 5.90. The topological polar surface area (TPSA) is 51.2 Å². The molecule has 0 bridgehead atoms. The summed E-state index contributed by atoms with van der Waals surface area (Å²) in [6.07, 6.45) is 2.82. The van der Waals surface area contributed by atoms with Gasteiger partial charge in [-0.3, -0.25) is 14.6 Å².